The van der Waals surface area contributed by atoms with Crippen molar-refractivity contribution in [3.63, 3.8) is 0 Å². The number of amides is 1. The Morgan fingerprint density at radius 1 is 1.40 bits per heavy atom. The average Bonchev–Trinajstić information content (AvgIpc) is 2.17. The lowest BCUT2D eigenvalue weighted by atomic mass is 10.1. The van der Waals surface area contributed by atoms with Gasteiger partial charge in [0.25, 0.3) is 0 Å². The second-order valence-electron chi connectivity index (χ2n) is 4.44. The molecule has 1 rings (SSSR count). The summed E-state index contributed by atoms with van der Waals surface area (Å²) >= 11 is 0. The van der Waals surface area contributed by atoms with Crippen LogP contribution in [0.5, 0.6) is 0 Å². The lowest BCUT2D eigenvalue weighted by Crippen LogP contribution is -2.52. The number of unbranched alkanes of at least 4 members (excludes halogenated alkanes) is 1. The van der Waals surface area contributed by atoms with Gasteiger partial charge in [-0.1, -0.05) is 0 Å². The van der Waals surface area contributed by atoms with Crippen LogP contribution in [0.4, 0.5) is 0 Å². The predicted octanol–water partition coefficient (Wildman–Crippen LogP) is 0.278. The molecule has 0 saturated carbocycles. The molecule has 0 spiro atoms. The van der Waals surface area contributed by atoms with Gasteiger partial charge in [0.2, 0.25) is 5.91 Å². The molecule has 1 heterocycles. The molecular weight excluding hydrogens is 190 g/mol. The Hall–Kier alpha value is -0.610. The van der Waals surface area contributed by atoms with Gasteiger partial charge < -0.3 is 15.5 Å². The van der Waals surface area contributed by atoms with Crippen molar-refractivity contribution in [1.82, 2.24) is 9.80 Å². The van der Waals surface area contributed by atoms with E-state index in [0.717, 1.165) is 32.5 Å². The first-order chi connectivity index (χ1) is 7.15. The number of hydrogen-bond acceptors (Lipinski definition) is 3. The second-order valence-corrected chi connectivity index (χ2v) is 4.44. The summed E-state index contributed by atoms with van der Waals surface area (Å²) in [6, 6.07) is 0.356. The first kappa shape index (κ1) is 12.5. The highest BCUT2D eigenvalue weighted by Crippen LogP contribution is 2.10. The van der Waals surface area contributed by atoms with Crippen LogP contribution in [0.2, 0.25) is 0 Å². The van der Waals surface area contributed by atoms with Crippen molar-refractivity contribution in [2.45, 2.75) is 32.2 Å². The first-order valence-electron chi connectivity index (χ1n) is 5.83. The van der Waals surface area contributed by atoms with Gasteiger partial charge in [-0.2, -0.15) is 0 Å². The van der Waals surface area contributed by atoms with Crippen LogP contribution in [0.1, 0.15) is 26.2 Å². The smallest absolute Gasteiger partial charge is 0.222 e. The summed E-state index contributed by atoms with van der Waals surface area (Å²) in [5.41, 5.74) is 5.41. The molecule has 0 aliphatic carbocycles. The van der Waals surface area contributed by atoms with Crippen LogP contribution in [0, 0.1) is 0 Å². The fourth-order valence-corrected chi connectivity index (χ4v) is 2.07. The Kier molecular flexibility index (Phi) is 5.05. The summed E-state index contributed by atoms with van der Waals surface area (Å²) in [5.74, 6) is 0.295. The third-order valence-corrected chi connectivity index (χ3v) is 3.00. The summed E-state index contributed by atoms with van der Waals surface area (Å²) < 4.78 is 0. The van der Waals surface area contributed by atoms with Crippen LogP contribution in [0.15, 0.2) is 0 Å². The van der Waals surface area contributed by atoms with Gasteiger partial charge in [-0.3, -0.25) is 4.79 Å². The number of nitrogens with zero attached hydrogens (tertiary/aromatic N) is 2. The zero-order chi connectivity index (χ0) is 11.3. The van der Waals surface area contributed by atoms with Gasteiger partial charge in [0, 0.05) is 32.1 Å². The molecule has 1 saturated heterocycles. The molecule has 1 atom stereocenters. The van der Waals surface area contributed by atoms with Gasteiger partial charge in [0.1, 0.15) is 0 Å². The lowest BCUT2D eigenvalue weighted by Gasteiger charge is -2.38. The van der Waals surface area contributed by atoms with Gasteiger partial charge in [-0.15, -0.1) is 0 Å². The van der Waals surface area contributed by atoms with E-state index in [4.69, 9.17) is 5.73 Å². The maximum Gasteiger partial charge on any atom is 0.222 e. The Balaban J connectivity index is 2.32. The molecular formula is C11H23N3O. The monoisotopic (exact) mass is 213 g/mol. The molecule has 0 radical (unpaired) electrons. The van der Waals surface area contributed by atoms with E-state index >= 15 is 0 Å². The minimum Gasteiger partial charge on any atom is -0.337 e. The second kappa shape index (κ2) is 6.08. The van der Waals surface area contributed by atoms with Crippen molar-refractivity contribution in [2.24, 2.45) is 5.73 Å². The molecule has 1 aliphatic heterocycles. The largest absolute Gasteiger partial charge is 0.337 e. The standard InChI is InChI=1S/C11H23N3O/c1-10-9-13(2)7-8-14(10)11(15)5-3-4-6-12/h10H,3-9,12H2,1-2H3. The van der Waals surface area contributed by atoms with Gasteiger partial charge in [0.15, 0.2) is 0 Å². The van der Waals surface area contributed by atoms with Crippen molar-refractivity contribution in [1.29, 1.82) is 0 Å². The lowest BCUT2D eigenvalue weighted by molar-refractivity contribution is -0.135. The van der Waals surface area contributed by atoms with Gasteiger partial charge >= 0.3 is 0 Å². The molecule has 1 aliphatic rings. The predicted molar refractivity (Wildman–Crippen MR) is 61.6 cm³/mol. The summed E-state index contributed by atoms with van der Waals surface area (Å²) in [5, 5.41) is 0. The maximum atomic E-state index is 11.9. The van der Waals surface area contributed by atoms with E-state index in [1.165, 1.54) is 0 Å². The molecule has 0 aromatic rings. The molecule has 88 valence electrons. The average molecular weight is 213 g/mol. The Labute approximate surface area is 92.4 Å². The van der Waals surface area contributed by atoms with E-state index in [9.17, 15) is 4.79 Å². The zero-order valence-electron chi connectivity index (χ0n) is 9.91. The third kappa shape index (κ3) is 3.80. The number of hydrogen-bond donors (Lipinski definition) is 1. The van der Waals surface area contributed by atoms with E-state index in [-0.39, 0.29) is 0 Å². The minimum absolute atomic E-state index is 0.295. The fourth-order valence-electron chi connectivity index (χ4n) is 2.07. The highest BCUT2D eigenvalue weighted by atomic mass is 16.2. The fraction of sp³-hybridized carbons (Fsp3) is 0.909. The van der Waals surface area contributed by atoms with E-state index in [2.05, 4.69) is 18.9 Å². The van der Waals surface area contributed by atoms with Gasteiger partial charge in [-0.25, -0.2) is 0 Å². The van der Waals surface area contributed by atoms with E-state index in [1.54, 1.807) is 0 Å². The zero-order valence-corrected chi connectivity index (χ0v) is 9.91. The summed E-state index contributed by atoms with van der Waals surface area (Å²) in [6.07, 6.45) is 2.54. The number of nitrogens with two attached hydrogens (primary N) is 1. The SMILES string of the molecule is CC1CN(C)CCN1C(=O)CCCCN. The van der Waals surface area contributed by atoms with E-state index < -0.39 is 0 Å². The minimum atomic E-state index is 0.295. The summed E-state index contributed by atoms with van der Waals surface area (Å²) in [4.78, 5) is 16.1. The number of likely N-dealkylation sites (N-methyl/N-ethyl adjacent to an activating group) is 1. The normalized spacial score (nSPS) is 23.1. The molecule has 15 heavy (non-hydrogen) atoms. The number of piperazine rings is 1. The van der Waals surface area contributed by atoms with Gasteiger partial charge in [0.05, 0.1) is 0 Å². The molecule has 4 nitrogen and oxygen atoms in total. The van der Waals surface area contributed by atoms with Crippen LogP contribution in [0.3, 0.4) is 0 Å². The van der Waals surface area contributed by atoms with Gasteiger partial charge in [-0.05, 0) is 33.4 Å². The third-order valence-electron chi connectivity index (χ3n) is 3.00. The Bertz CT molecular complexity index is 208. The van der Waals surface area contributed by atoms with Crippen LogP contribution in [0.25, 0.3) is 0 Å². The van der Waals surface area contributed by atoms with Crippen molar-refractivity contribution in [3.8, 4) is 0 Å². The number of rotatable bonds is 4. The molecule has 1 unspecified atom stereocenters. The number of carbonyl (C=O) groups is 1. The topological polar surface area (TPSA) is 49.6 Å². The molecule has 0 aromatic heterocycles. The van der Waals surface area contributed by atoms with Crippen molar-refractivity contribution in [2.75, 3.05) is 33.2 Å². The van der Waals surface area contributed by atoms with Crippen LogP contribution >= 0.6 is 0 Å². The first-order valence-corrected chi connectivity index (χ1v) is 5.83. The molecule has 2 N–H and O–H groups in total. The molecule has 0 aromatic carbocycles. The van der Waals surface area contributed by atoms with E-state index in [0.29, 0.717) is 24.9 Å². The number of carbonyl (C=O) groups excluding carboxylic acids is 1. The highest BCUT2D eigenvalue weighted by Gasteiger charge is 2.24. The van der Waals surface area contributed by atoms with Crippen LogP contribution < -0.4 is 5.73 Å². The molecule has 4 heteroatoms. The Morgan fingerprint density at radius 2 is 2.13 bits per heavy atom. The van der Waals surface area contributed by atoms with Crippen molar-refractivity contribution >= 4 is 5.91 Å². The van der Waals surface area contributed by atoms with E-state index in [1.807, 2.05) is 4.90 Å². The maximum absolute atomic E-state index is 11.9. The molecule has 1 amide bonds. The van der Waals surface area contributed by atoms with Crippen LogP contribution in [-0.2, 0) is 4.79 Å². The van der Waals surface area contributed by atoms with Crippen LogP contribution in [-0.4, -0.2) is 55.0 Å². The molecule has 1 fully saturated rings. The Morgan fingerprint density at radius 3 is 2.73 bits per heavy atom. The van der Waals surface area contributed by atoms with Crippen molar-refractivity contribution < 1.29 is 4.79 Å². The quantitative estimate of drug-likeness (QED) is 0.682. The summed E-state index contributed by atoms with van der Waals surface area (Å²) in [7, 11) is 2.10. The molecule has 0 bridgehead atoms. The summed E-state index contributed by atoms with van der Waals surface area (Å²) in [6.45, 7) is 5.66. The van der Waals surface area contributed by atoms with Crippen molar-refractivity contribution in [3.05, 3.63) is 0 Å². The highest BCUT2D eigenvalue weighted by molar-refractivity contribution is 5.76.